The zero-order valence-electron chi connectivity index (χ0n) is 18.0. The molecule has 4 rings (SSSR count). The van der Waals surface area contributed by atoms with Gasteiger partial charge in [0.15, 0.2) is 0 Å². The summed E-state index contributed by atoms with van der Waals surface area (Å²) in [6.45, 7) is 0. The van der Waals surface area contributed by atoms with E-state index in [0.717, 1.165) is 5.56 Å². The van der Waals surface area contributed by atoms with Gasteiger partial charge < -0.3 is 7.16 Å². The normalized spacial score (nSPS) is 11.2. The van der Waals surface area contributed by atoms with Crippen LogP contribution in [-0.4, -0.2) is 18.0 Å². The van der Waals surface area contributed by atoms with Crippen molar-refractivity contribution in [2.75, 3.05) is 5.73 Å². The molecule has 3 N–H and O–H groups in total. The molecular formula is C22H16N5NaO3S. The number of fused-ring (bicyclic) bond motifs is 1. The molecule has 0 aliphatic carbocycles. The average Bonchev–Trinajstić information content (AvgIpc) is 2.78. The fourth-order valence-corrected chi connectivity index (χ4v) is 3.84. The molecule has 8 nitrogen and oxygen atoms in total. The van der Waals surface area contributed by atoms with Gasteiger partial charge in [-0.25, -0.2) is 0 Å². The first kappa shape index (κ1) is 23.5. The summed E-state index contributed by atoms with van der Waals surface area (Å²) < 4.78 is 33.2. The number of azo groups is 1. The van der Waals surface area contributed by atoms with E-state index in [2.05, 4.69) is 21.3 Å². The molecule has 0 aliphatic heterocycles. The molecule has 0 radical (unpaired) electrons. The number of hydrogen-bond donors (Lipinski definition) is 2. The van der Waals surface area contributed by atoms with E-state index >= 15 is 0 Å². The van der Waals surface area contributed by atoms with Crippen molar-refractivity contribution in [1.82, 2.24) is 4.98 Å². The Labute approximate surface area is 208 Å². The molecule has 32 heavy (non-hydrogen) atoms. The minimum Gasteiger partial charge on any atom is -1.00 e. The molecule has 0 aliphatic rings. The molecule has 0 saturated heterocycles. The Balaban J connectivity index is 0.00000193. The van der Waals surface area contributed by atoms with Crippen molar-refractivity contribution in [2.24, 2.45) is 10.2 Å². The van der Waals surface area contributed by atoms with E-state index < -0.39 is 10.1 Å². The molecule has 1 heterocycles. The topological polar surface area (TPSA) is 142 Å². The second-order valence-corrected chi connectivity index (χ2v) is 8.01. The second kappa shape index (κ2) is 9.56. The van der Waals surface area contributed by atoms with Crippen LogP contribution in [0.3, 0.4) is 0 Å². The van der Waals surface area contributed by atoms with Gasteiger partial charge in [-0.1, -0.05) is 36.4 Å². The van der Waals surface area contributed by atoms with E-state index in [1.54, 1.807) is 54.6 Å². The maximum atomic E-state index is 11.8. The van der Waals surface area contributed by atoms with Crippen LogP contribution in [0.1, 0.15) is 6.99 Å². The molecule has 0 unspecified atom stereocenters. The number of benzene rings is 3. The standard InChI is InChI=1S/C22H15N5O3S.Na.H/c23-12-14-4-3-5-15(10-14)19-9-8-16(13-25-19)26-27-20-11-21(31(28,29)30)17-6-1-2-7-18(17)22(20)24;;/h1-11,13H,24H2,(H,28,29,30);;/q;+1;-1. The van der Waals surface area contributed by atoms with Crippen LogP contribution in [0, 0.1) is 11.3 Å². The summed E-state index contributed by atoms with van der Waals surface area (Å²) in [6.07, 6.45) is 1.50. The van der Waals surface area contributed by atoms with Crippen LogP contribution < -0.4 is 35.3 Å². The Bertz CT molecular complexity index is 1490. The van der Waals surface area contributed by atoms with Crippen molar-refractivity contribution >= 4 is 38.0 Å². The van der Waals surface area contributed by atoms with Crippen molar-refractivity contribution in [2.45, 2.75) is 4.90 Å². The smallest absolute Gasteiger partial charge is 1.00 e. The molecular weight excluding hydrogens is 437 g/mol. The summed E-state index contributed by atoms with van der Waals surface area (Å²) in [5.41, 5.74) is 8.90. The van der Waals surface area contributed by atoms with E-state index in [1.807, 2.05) is 6.07 Å². The van der Waals surface area contributed by atoms with E-state index in [4.69, 9.17) is 11.0 Å². The fourth-order valence-electron chi connectivity index (χ4n) is 3.12. The summed E-state index contributed by atoms with van der Waals surface area (Å²) in [4.78, 5) is 4.04. The molecule has 4 aromatic rings. The zero-order chi connectivity index (χ0) is 22.0. The van der Waals surface area contributed by atoms with Gasteiger partial charge in [-0.2, -0.15) is 13.7 Å². The summed E-state index contributed by atoms with van der Waals surface area (Å²) in [5.74, 6) is 0. The van der Waals surface area contributed by atoms with Gasteiger partial charge in [0.05, 0.1) is 29.2 Å². The number of nitriles is 1. The van der Waals surface area contributed by atoms with Crippen LogP contribution >= 0.6 is 0 Å². The van der Waals surface area contributed by atoms with E-state index in [9.17, 15) is 13.0 Å². The maximum Gasteiger partial charge on any atom is 1.00 e. The first-order valence-electron chi connectivity index (χ1n) is 9.04. The van der Waals surface area contributed by atoms with Crippen LogP contribution in [0.4, 0.5) is 17.1 Å². The summed E-state index contributed by atoms with van der Waals surface area (Å²) in [7, 11) is -4.49. The van der Waals surface area contributed by atoms with Gasteiger partial charge in [0.1, 0.15) is 16.3 Å². The third-order valence-electron chi connectivity index (χ3n) is 4.61. The van der Waals surface area contributed by atoms with Crippen LogP contribution in [0.5, 0.6) is 0 Å². The number of aromatic nitrogens is 1. The molecule has 10 heteroatoms. The number of nitrogens with two attached hydrogens (primary N) is 1. The molecule has 0 spiro atoms. The van der Waals surface area contributed by atoms with Crippen molar-refractivity contribution < 1.29 is 44.0 Å². The predicted octanol–water partition coefficient (Wildman–Crippen LogP) is 2.13. The van der Waals surface area contributed by atoms with Gasteiger partial charge in [-0.3, -0.25) is 9.54 Å². The first-order chi connectivity index (χ1) is 14.9. The molecule has 0 fully saturated rings. The monoisotopic (exact) mass is 453 g/mol. The predicted molar refractivity (Wildman–Crippen MR) is 118 cm³/mol. The first-order valence-corrected chi connectivity index (χ1v) is 10.5. The van der Waals surface area contributed by atoms with Gasteiger partial charge in [0, 0.05) is 16.3 Å². The van der Waals surface area contributed by atoms with Gasteiger partial charge in [0.2, 0.25) is 0 Å². The summed E-state index contributed by atoms with van der Waals surface area (Å²) in [6, 6.07) is 20.3. The molecule has 154 valence electrons. The van der Waals surface area contributed by atoms with Crippen molar-refractivity contribution in [3.8, 4) is 17.3 Å². The van der Waals surface area contributed by atoms with Crippen molar-refractivity contribution in [1.29, 1.82) is 5.26 Å². The van der Waals surface area contributed by atoms with Crippen LogP contribution in [0.2, 0.25) is 0 Å². The van der Waals surface area contributed by atoms with E-state index in [1.165, 1.54) is 12.3 Å². The fraction of sp³-hybridized carbons (Fsp3) is 0. The van der Waals surface area contributed by atoms with Crippen LogP contribution in [0.15, 0.2) is 88.1 Å². The molecule has 0 bridgehead atoms. The van der Waals surface area contributed by atoms with Gasteiger partial charge >= 0.3 is 29.6 Å². The van der Waals surface area contributed by atoms with E-state index in [-0.39, 0.29) is 47.3 Å². The number of nitrogens with zero attached hydrogens (tertiary/aromatic N) is 4. The molecule has 3 aromatic carbocycles. The van der Waals surface area contributed by atoms with Crippen molar-refractivity contribution in [3.05, 3.63) is 78.5 Å². The number of pyridine rings is 1. The molecule has 0 saturated carbocycles. The minimum atomic E-state index is -4.49. The molecule has 0 amide bonds. The van der Waals surface area contributed by atoms with E-state index in [0.29, 0.717) is 27.7 Å². The summed E-state index contributed by atoms with van der Waals surface area (Å²) in [5, 5.41) is 17.9. The maximum absolute atomic E-state index is 11.8. The Kier molecular flexibility index (Phi) is 7.03. The second-order valence-electron chi connectivity index (χ2n) is 6.62. The Morgan fingerprint density at radius 3 is 2.41 bits per heavy atom. The zero-order valence-corrected chi connectivity index (χ0v) is 19.8. The largest absolute Gasteiger partial charge is 1.00 e. The van der Waals surface area contributed by atoms with Crippen LogP contribution in [-0.2, 0) is 10.1 Å². The Hall–Kier alpha value is -3.13. The molecule has 1 aromatic heterocycles. The number of hydrogen-bond acceptors (Lipinski definition) is 7. The third kappa shape index (κ3) is 4.85. The van der Waals surface area contributed by atoms with Gasteiger partial charge in [-0.05, 0) is 30.3 Å². The quantitative estimate of drug-likeness (QED) is 0.210. The summed E-state index contributed by atoms with van der Waals surface area (Å²) >= 11 is 0. The van der Waals surface area contributed by atoms with Gasteiger partial charge in [-0.15, -0.1) is 10.2 Å². The SMILES string of the molecule is N#Cc1cccc(-c2ccc(N=Nc3cc(S(=O)(=O)O)c4ccccc4c3N)cn2)c1.[H-].[Na+]. The number of nitrogen functional groups attached to an aromatic ring is 1. The van der Waals surface area contributed by atoms with Crippen molar-refractivity contribution in [3.63, 3.8) is 0 Å². The molecule has 0 atom stereocenters. The number of rotatable bonds is 4. The number of anilines is 1. The Morgan fingerprint density at radius 1 is 1.00 bits per heavy atom. The Morgan fingerprint density at radius 2 is 1.75 bits per heavy atom. The third-order valence-corrected chi connectivity index (χ3v) is 5.51. The van der Waals surface area contributed by atoms with Gasteiger partial charge in [0.25, 0.3) is 10.1 Å². The minimum absolute atomic E-state index is 0. The average molecular weight is 453 g/mol. The van der Waals surface area contributed by atoms with Crippen LogP contribution in [0.25, 0.3) is 22.0 Å².